The third kappa shape index (κ3) is 4.24. The molecule has 26 heavy (non-hydrogen) atoms. The van der Waals surface area contributed by atoms with E-state index in [9.17, 15) is 4.79 Å². The number of amides is 1. The smallest absolute Gasteiger partial charge is 0.225 e. The molecule has 1 aromatic heterocycles. The number of nitrogens with one attached hydrogen (secondary N) is 2. The van der Waals surface area contributed by atoms with Crippen molar-refractivity contribution in [1.29, 1.82) is 0 Å². The predicted octanol–water partition coefficient (Wildman–Crippen LogP) is 4.62. The fraction of sp³-hybridized carbons (Fsp3) is 0.200. The first-order chi connectivity index (χ1) is 12.6. The summed E-state index contributed by atoms with van der Waals surface area (Å²) in [5.74, 6) is 1.23. The van der Waals surface area contributed by atoms with Gasteiger partial charge in [-0.05, 0) is 48.7 Å². The molecule has 1 heterocycles. The summed E-state index contributed by atoms with van der Waals surface area (Å²) in [6.45, 7) is 1.91. The van der Waals surface area contributed by atoms with Gasteiger partial charge in [0, 0.05) is 22.7 Å². The third-order valence-electron chi connectivity index (χ3n) is 4.12. The molecule has 0 saturated heterocycles. The molecule has 0 bridgehead atoms. The fourth-order valence-electron chi connectivity index (χ4n) is 2.76. The van der Waals surface area contributed by atoms with Gasteiger partial charge in [-0.1, -0.05) is 35.9 Å². The molecule has 6 heteroatoms. The maximum Gasteiger partial charge on any atom is 0.225 e. The Labute approximate surface area is 157 Å². The van der Waals surface area contributed by atoms with E-state index in [4.69, 9.17) is 16.3 Å². The van der Waals surface area contributed by atoms with E-state index in [1.54, 1.807) is 7.11 Å². The zero-order valence-corrected chi connectivity index (χ0v) is 15.4. The molecule has 0 unspecified atom stereocenters. The van der Waals surface area contributed by atoms with Crippen molar-refractivity contribution in [3.63, 3.8) is 0 Å². The van der Waals surface area contributed by atoms with Crippen LogP contribution in [0.4, 0.5) is 5.82 Å². The molecule has 3 aromatic rings. The average Bonchev–Trinajstić information content (AvgIpc) is 3.00. The number of aromatic amines is 1. The number of aryl methyl sites for hydroxylation is 2. The standard InChI is InChI=1S/C20H20ClN3O2/c1-13-19(15-4-3-5-16(21)12-15)20(24-23-13)22-18(25)11-8-14-6-9-17(26-2)10-7-14/h3-7,9-10,12H,8,11H2,1-2H3,(H2,22,23,24,25). The number of hydrogen-bond donors (Lipinski definition) is 2. The van der Waals surface area contributed by atoms with Crippen molar-refractivity contribution in [2.75, 3.05) is 12.4 Å². The van der Waals surface area contributed by atoms with Crippen LogP contribution in [0.15, 0.2) is 48.5 Å². The number of benzene rings is 2. The quantitative estimate of drug-likeness (QED) is 0.666. The van der Waals surface area contributed by atoms with Gasteiger partial charge in [-0.3, -0.25) is 9.89 Å². The molecule has 5 nitrogen and oxygen atoms in total. The number of ether oxygens (including phenoxy) is 1. The number of rotatable bonds is 6. The molecule has 0 atom stereocenters. The minimum absolute atomic E-state index is 0.0874. The molecule has 0 aliphatic rings. The first-order valence-corrected chi connectivity index (χ1v) is 8.68. The van der Waals surface area contributed by atoms with E-state index < -0.39 is 0 Å². The van der Waals surface area contributed by atoms with Gasteiger partial charge in [0.05, 0.1) is 7.11 Å². The number of methoxy groups -OCH3 is 1. The van der Waals surface area contributed by atoms with E-state index >= 15 is 0 Å². The number of nitrogens with zero attached hydrogens (tertiary/aromatic N) is 1. The van der Waals surface area contributed by atoms with Crippen LogP contribution in [0, 0.1) is 6.92 Å². The van der Waals surface area contributed by atoms with Crippen molar-refractivity contribution in [1.82, 2.24) is 10.2 Å². The second-order valence-electron chi connectivity index (χ2n) is 5.98. The van der Waals surface area contributed by atoms with Crippen molar-refractivity contribution >= 4 is 23.3 Å². The molecule has 134 valence electrons. The molecule has 2 N–H and O–H groups in total. The van der Waals surface area contributed by atoms with Crippen LogP contribution in [-0.4, -0.2) is 23.2 Å². The maximum absolute atomic E-state index is 12.4. The van der Waals surface area contributed by atoms with E-state index in [2.05, 4.69) is 15.5 Å². The van der Waals surface area contributed by atoms with Gasteiger partial charge in [-0.15, -0.1) is 0 Å². The maximum atomic E-state index is 12.4. The first kappa shape index (κ1) is 18.0. The highest BCUT2D eigenvalue weighted by atomic mass is 35.5. The Hall–Kier alpha value is -2.79. The lowest BCUT2D eigenvalue weighted by Crippen LogP contribution is -2.13. The summed E-state index contributed by atoms with van der Waals surface area (Å²) < 4.78 is 5.14. The van der Waals surface area contributed by atoms with E-state index in [0.29, 0.717) is 23.7 Å². The SMILES string of the molecule is COc1ccc(CCC(=O)Nc2n[nH]c(C)c2-c2cccc(Cl)c2)cc1. The number of hydrogen-bond acceptors (Lipinski definition) is 3. The molecule has 2 aromatic carbocycles. The average molecular weight is 370 g/mol. The number of carbonyl (C=O) groups excluding carboxylic acids is 1. The van der Waals surface area contributed by atoms with Crippen LogP contribution in [0.1, 0.15) is 17.7 Å². The topological polar surface area (TPSA) is 67.0 Å². The van der Waals surface area contributed by atoms with Crippen molar-refractivity contribution < 1.29 is 9.53 Å². The normalized spacial score (nSPS) is 10.6. The van der Waals surface area contributed by atoms with Crippen LogP contribution in [0.2, 0.25) is 5.02 Å². The molecular weight excluding hydrogens is 350 g/mol. The zero-order valence-electron chi connectivity index (χ0n) is 14.7. The van der Waals surface area contributed by atoms with E-state index in [-0.39, 0.29) is 5.91 Å². The monoisotopic (exact) mass is 369 g/mol. The van der Waals surface area contributed by atoms with Crippen LogP contribution in [0.5, 0.6) is 5.75 Å². The van der Waals surface area contributed by atoms with Crippen LogP contribution in [-0.2, 0) is 11.2 Å². The Balaban J connectivity index is 1.68. The summed E-state index contributed by atoms with van der Waals surface area (Å²) in [6.07, 6.45) is 1.01. The minimum Gasteiger partial charge on any atom is -0.497 e. The van der Waals surface area contributed by atoms with E-state index in [1.165, 1.54) is 0 Å². The highest BCUT2D eigenvalue weighted by Crippen LogP contribution is 2.31. The van der Waals surface area contributed by atoms with Crippen LogP contribution < -0.4 is 10.1 Å². The Kier molecular flexibility index (Phi) is 5.58. The number of H-pyrrole nitrogens is 1. The lowest BCUT2D eigenvalue weighted by atomic mass is 10.1. The van der Waals surface area contributed by atoms with Gasteiger partial charge in [-0.2, -0.15) is 5.10 Å². The summed E-state index contributed by atoms with van der Waals surface area (Å²) in [5.41, 5.74) is 3.71. The molecule has 0 spiro atoms. The van der Waals surface area contributed by atoms with E-state index in [1.807, 2.05) is 55.5 Å². The number of carbonyl (C=O) groups is 1. The number of aromatic nitrogens is 2. The largest absolute Gasteiger partial charge is 0.497 e. The molecule has 0 radical (unpaired) electrons. The van der Waals surface area contributed by atoms with Gasteiger partial charge in [0.15, 0.2) is 5.82 Å². The van der Waals surface area contributed by atoms with Crippen LogP contribution in [0.3, 0.4) is 0 Å². The van der Waals surface area contributed by atoms with Crippen LogP contribution >= 0.6 is 11.6 Å². The van der Waals surface area contributed by atoms with Crippen molar-refractivity contribution in [2.24, 2.45) is 0 Å². The molecule has 0 aliphatic carbocycles. The number of halogens is 1. The molecule has 0 aliphatic heterocycles. The fourth-order valence-corrected chi connectivity index (χ4v) is 2.95. The van der Waals surface area contributed by atoms with Gasteiger partial charge in [0.2, 0.25) is 5.91 Å². The Morgan fingerprint density at radius 3 is 2.69 bits per heavy atom. The summed E-state index contributed by atoms with van der Waals surface area (Å²) >= 11 is 6.08. The summed E-state index contributed by atoms with van der Waals surface area (Å²) in [4.78, 5) is 12.4. The lowest BCUT2D eigenvalue weighted by molar-refractivity contribution is -0.116. The number of anilines is 1. The molecule has 0 saturated carbocycles. The van der Waals surface area contributed by atoms with Crippen molar-refractivity contribution in [2.45, 2.75) is 19.8 Å². The highest BCUT2D eigenvalue weighted by molar-refractivity contribution is 6.30. The predicted molar refractivity (Wildman–Crippen MR) is 104 cm³/mol. The van der Waals surface area contributed by atoms with Gasteiger partial charge >= 0.3 is 0 Å². The first-order valence-electron chi connectivity index (χ1n) is 8.30. The third-order valence-corrected chi connectivity index (χ3v) is 4.35. The van der Waals surface area contributed by atoms with Gasteiger partial charge in [-0.25, -0.2) is 0 Å². The van der Waals surface area contributed by atoms with Gasteiger partial charge in [0.25, 0.3) is 0 Å². The summed E-state index contributed by atoms with van der Waals surface area (Å²) in [7, 11) is 1.63. The summed E-state index contributed by atoms with van der Waals surface area (Å²) in [6, 6.07) is 15.2. The Bertz CT molecular complexity index is 904. The Morgan fingerprint density at radius 1 is 1.23 bits per heavy atom. The zero-order chi connectivity index (χ0) is 18.5. The Morgan fingerprint density at radius 2 is 2.00 bits per heavy atom. The molecule has 3 rings (SSSR count). The molecule has 0 fully saturated rings. The lowest BCUT2D eigenvalue weighted by Gasteiger charge is -2.07. The molecule has 1 amide bonds. The van der Waals surface area contributed by atoms with Gasteiger partial charge in [0.1, 0.15) is 5.75 Å². The highest BCUT2D eigenvalue weighted by Gasteiger charge is 2.15. The second kappa shape index (κ2) is 8.06. The van der Waals surface area contributed by atoms with Crippen molar-refractivity contribution in [3.05, 3.63) is 64.8 Å². The van der Waals surface area contributed by atoms with Gasteiger partial charge < -0.3 is 10.1 Å². The van der Waals surface area contributed by atoms with Crippen molar-refractivity contribution in [3.8, 4) is 16.9 Å². The molecular formula is C20H20ClN3O2. The minimum atomic E-state index is -0.0874. The second-order valence-corrected chi connectivity index (χ2v) is 6.42. The van der Waals surface area contributed by atoms with Crippen LogP contribution in [0.25, 0.3) is 11.1 Å². The summed E-state index contributed by atoms with van der Waals surface area (Å²) in [5, 5.41) is 10.7. The van der Waals surface area contributed by atoms with E-state index in [0.717, 1.165) is 28.1 Å².